The molecule has 0 aromatic carbocycles. The van der Waals surface area contributed by atoms with E-state index in [1.807, 2.05) is 11.8 Å². The average Bonchev–Trinajstić information content (AvgIpc) is 2.17. The van der Waals surface area contributed by atoms with Crippen molar-refractivity contribution < 1.29 is 4.79 Å². The van der Waals surface area contributed by atoms with Gasteiger partial charge in [-0.1, -0.05) is 13.8 Å². The van der Waals surface area contributed by atoms with Crippen molar-refractivity contribution in [2.75, 3.05) is 19.6 Å². The largest absolute Gasteiger partial charge is 0.342 e. The highest BCUT2D eigenvalue weighted by molar-refractivity contribution is 5.76. The fourth-order valence-corrected chi connectivity index (χ4v) is 1.93. The van der Waals surface area contributed by atoms with Gasteiger partial charge in [0.1, 0.15) is 0 Å². The third kappa shape index (κ3) is 3.29. The van der Waals surface area contributed by atoms with Crippen LogP contribution >= 0.6 is 0 Å². The van der Waals surface area contributed by atoms with Crippen molar-refractivity contribution in [2.24, 2.45) is 17.6 Å². The van der Waals surface area contributed by atoms with Crippen LogP contribution in [-0.2, 0) is 4.79 Å². The van der Waals surface area contributed by atoms with Crippen LogP contribution in [0.4, 0.5) is 0 Å². The van der Waals surface area contributed by atoms with E-state index < -0.39 is 0 Å². The zero-order valence-electron chi connectivity index (χ0n) is 9.33. The summed E-state index contributed by atoms with van der Waals surface area (Å²) in [5, 5.41) is 0. The maximum atomic E-state index is 11.8. The van der Waals surface area contributed by atoms with Gasteiger partial charge in [-0.25, -0.2) is 0 Å². The van der Waals surface area contributed by atoms with Gasteiger partial charge in [0, 0.05) is 19.5 Å². The van der Waals surface area contributed by atoms with Crippen molar-refractivity contribution in [3.05, 3.63) is 0 Å². The molecule has 0 aromatic heterocycles. The molecular weight excluding hydrogens is 176 g/mol. The number of rotatable bonds is 3. The van der Waals surface area contributed by atoms with E-state index in [1.54, 1.807) is 0 Å². The van der Waals surface area contributed by atoms with Crippen LogP contribution in [0.5, 0.6) is 0 Å². The minimum Gasteiger partial charge on any atom is -0.342 e. The number of hydrogen-bond acceptors (Lipinski definition) is 2. The first-order valence-electron chi connectivity index (χ1n) is 5.61. The van der Waals surface area contributed by atoms with Gasteiger partial charge in [0.2, 0.25) is 5.91 Å². The van der Waals surface area contributed by atoms with Gasteiger partial charge in [-0.2, -0.15) is 0 Å². The highest BCUT2D eigenvalue weighted by Crippen LogP contribution is 2.17. The molecule has 14 heavy (non-hydrogen) atoms. The first-order valence-corrected chi connectivity index (χ1v) is 5.61. The van der Waals surface area contributed by atoms with Crippen LogP contribution in [0.2, 0.25) is 0 Å². The molecule has 3 nitrogen and oxygen atoms in total. The lowest BCUT2D eigenvalue weighted by Gasteiger charge is -2.31. The third-order valence-corrected chi connectivity index (χ3v) is 2.94. The second-order valence-corrected chi connectivity index (χ2v) is 4.63. The van der Waals surface area contributed by atoms with E-state index in [-0.39, 0.29) is 5.91 Å². The predicted molar refractivity (Wildman–Crippen MR) is 57.8 cm³/mol. The van der Waals surface area contributed by atoms with Gasteiger partial charge < -0.3 is 10.6 Å². The summed E-state index contributed by atoms with van der Waals surface area (Å²) in [5.41, 5.74) is 5.51. The number of likely N-dealkylation sites (tertiary alicyclic amines) is 1. The number of piperidine rings is 1. The molecule has 1 rings (SSSR count). The first kappa shape index (κ1) is 11.5. The van der Waals surface area contributed by atoms with Crippen LogP contribution in [0.25, 0.3) is 0 Å². The zero-order valence-corrected chi connectivity index (χ0v) is 9.33. The molecule has 2 unspecified atom stereocenters. The highest BCUT2D eigenvalue weighted by atomic mass is 16.2. The minimum absolute atomic E-state index is 0.287. The van der Waals surface area contributed by atoms with Gasteiger partial charge in [0.25, 0.3) is 0 Å². The van der Waals surface area contributed by atoms with E-state index in [9.17, 15) is 4.79 Å². The van der Waals surface area contributed by atoms with E-state index in [0.29, 0.717) is 24.8 Å². The molecule has 1 fully saturated rings. The number of nitrogens with zero attached hydrogens (tertiary/aromatic N) is 1. The average molecular weight is 198 g/mol. The summed E-state index contributed by atoms with van der Waals surface area (Å²) < 4.78 is 0. The standard InChI is InChI=1S/C11H22N2O/c1-9-4-3-5-13(8-9)11(14)6-10(2)7-12/h9-10H,3-8,12H2,1-2H3. The fraction of sp³-hybridized carbons (Fsp3) is 0.909. The quantitative estimate of drug-likeness (QED) is 0.741. The molecule has 0 aliphatic carbocycles. The Morgan fingerprint density at radius 2 is 2.36 bits per heavy atom. The minimum atomic E-state index is 0.287. The molecule has 1 aliphatic rings. The highest BCUT2D eigenvalue weighted by Gasteiger charge is 2.21. The van der Waals surface area contributed by atoms with Gasteiger partial charge in [0.15, 0.2) is 0 Å². The van der Waals surface area contributed by atoms with E-state index in [1.165, 1.54) is 6.42 Å². The van der Waals surface area contributed by atoms with Crippen LogP contribution < -0.4 is 5.73 Å². The maximum Gasteiger partial charge on any atom is 0.222 e. The zero-order chi connectivity index (χ0) is 10.6. The molecule has 3 heteroatoms. The summed E-state index contributed by atoms with van der Waals surface area (Å²) in [6.45, 7) is 6.74. The van der Waals surface area contributed by atoms with Crippen LogP contribution in [0.1, 0.15) is 33.1 Å². The van der Waals surface area contributed by atoms with Gasteiger partial charge in [-0.15, -0.1) is 0 Å². The maximum absolute atomic E-state index is 11.8. The molecule has 0 saturated carbocycles. The van der Waals surface area contributed by atoms with E-state index in [2.05, 4.69) is 6.92 Å². The lowest BCUT2D eigenvalue weighted by Crippen LogP contribution is -2.40. The van der Waals surface area contributed by atoms with Gasteiger partial charge in [-0.3, -0.25) is 4.79 Å². The Bertz CT molecular complexity index is 194. The Labute approximate surface area is 86.6 Å². The molecule has 0 aromatic rings. The third-order valence-electron chi connectivity index (χ3n) is 2.94. The summed E-state index contributed by atoms with van der Waals surface area (Å²) in [7, 11) is 0. The number of amides is 1. The molecule has 2 N–H and O–H groups in total. The summed E-state index contributed by atoms with van der Waals surface area (Å²) in [5.74, 6) is 1.27. The fourth-order valence-electron chi connectivity index (χ4n) is 1.93. The molecule has 0 spiro atoms. The lowest BCUT2D eigenvalue weighted by atomic mass is 9.99. The SMILES string of the molecule is CC(CN)CC(=O)N1CCCC(C)C1. The second-order valence-electron chi connectivity index (χ2n) is 4.63. The van der Waals surface area contributed by atoms with Gasteiger partial charge in [0.05, 0.1) is 0 Å². The summed E-state index contributed by atoms with van der Waals surface area (Å²) in [6, 6.07) is 0. The summed E-state index contributed by atoms with van der Waals surface area (Å²) in [6.07, 6.45) is 3.03. The number of carbonyl (C=O) groups excluding carboxylic acids is 1. The molecule has 1 heterocycles. The van der Waals surface area contributed by atoms with Crippen LogP contribution in [0.3, 0.4) is 0 Å². The summed E-state index contributed by atoms with van der Waals surface area (Å²) in [4.78, 5) is 13.8. The monoisotopic (exact) mass is 198 g/mol. The summed E-state index contributed by atoms with van der Waals surface area (Å²) >= 11 is 0. The van der Waals surface area contributed by atoms with Crippen molar-refractivity contribution in [1.29, 1.82) is 0 Å². The van der Waals surface area contributed by atoms with E-state index >= 15 is 0 Å². The Morgan fingerprint density at radius 3 is 2.93 bits per heavy atom. The Kier molecular flexibility index (Phi) is 4.39. The molecule has 1 amide bonds. The molecule has 2 atom stereocenters. The predicted octanol–water partition coefficient (Wildman–Crippen LogP) is 1.23. The van der Waals surface area contributed by atoms with Crippen molar-refractivity contribution >= 4 is 5.91 Å². The number of carbonyl (C=O) groups is 1. The van der Waals surface area contributed by atoms with Crippen LogP contribution in [0, 0.1) is 11.8 Å². The Balaban J connectivity index is 2.36. The van der Waals surface area contributed by atoms with Crippen molar-refractivity contribution in [2.45, 2.75) is 33.1 Å². The second kappa shape index (κ2) is 5.35. The molecule has 0 bridgehead atoms. The molecule has 82 valence electrons. The van der Waals surface area contributed by atoms with Crippen LogP contribution in [-0.4, -0.2) is 30.4 Å². The van der Waals surface area contributed by atoms with Crippen molar-refractivity contribution in [3.8, 4) is 0 Å². The van der Waals surface area contributed by atoms with Crippen molar-refractivity contribution in [3.63, 3.8) is 0 Å². The van der Waals surface area contributed by atoms with Gasteiger partial charge in [-0.05, 0) is 31.2 Å². The van der Waals surface area contributed by atoms with E-state index in [4.69, 9.17) is 5.73 Å². The Morgan fingerprint density at radius 1 is 1.64 bits per heavy atom. The number of hydrogen-bond donors (Lipinski definition) is 1. The molecule has 1 saturated heterocycles. The lowest BCUT2D eigenvalue weighted by molar-refractivity contribution is -0.133. The topological polar surface area (TPSA) is 46.3 Å². The molecule has 0 radical (unpaired) electrons. The molecular formula is C11H22N2O. The van der Waals surface area contributed by atoms with Gasteiger partial charge >= 0.3 is 0 Å². The Hall–Kier alpha value is -0.570. The first-order chi connectivity index (χ1) is 6.63. The normalized spacial score (nSPS) is 24.8. The number of nitrogens with two attached hydrogens (primary N) is 1. The smallest absolute Gasteiger partial charge is 0.222 e. The van der Waals surface area contributed by atoms with Crippen molar-refractivity contribution in [1.82, 2.24) is 4.90 Å². The van der Waals surface area contributed by atoms with Crippen LogP contribution in [0.15, 0.2) is 0 Å². The molecule has 1 aliphatic heterocycles. The van der Waals surface area contributed by atoms with E-state index in [0.717, 1.165) is 19.5 Å².